The molecule has 5 heavy (non-hydrogen) atoms. The van der Waals surface area contributed by atoms with Crippen molar-refractivity contribution in [3.63, 3.8) is 0 Å². The summed E-state index contributed by atoms with van der Waals surface area (Å²) >= 11 is 0.434. The molecule has 1 heteroatoms. The molecule has 0 amide bonds. The van der Waals surface area contributed by atoms with Gasteiger partial charge in [0.15, 0.2) is 0 Å². The third-order valence-corrected chi connectivity index (χ3v) is 0.930. The molecule has 0 aliphatic rings. The summed E-state index contributed by atoms with van der Waals surface area (Å²) < 4.78 is 3.76. The van der Waals surface area contributed by atoms with Crippen LogP contribution in [0, 0.1) is 0 Å². The topological polar surface area (TPSA) is 0 Å². The van der Waals surface area contributed by atoms with Gasteiger partial charge in [0.25, 0.3) is 0 Å². The molecule has 0 N–H and O–H groups in total. The first-order valence-electron chi connectivity index (χ1n) is 1.20. The van der Waals surface area contributed by atoms with Gasteiger partial charge in [-0.15, -0.1) is 0 Å². The molecule has 0 saturated heterocycles. The Morgan fingerprint density at radius 3 is 1.60 bits per heavy atom. The molecule has 0 unspecified atom stereocenters. The molecule has 0 saturated carbocycles. The second-order valence-corrected chi connectivity index (χ2v) is 2.27. The van der Waals surface area contributed by atoms with E-state index in [1.807, 2.05) is 9.34 Å². The first kappa shape index (κ1) is 5.10. The Bertz CT molecular complexity index is 32.9. The fraction of sp³-hybridized carbons (Fsp3) is 0. The van der Waals surface area contributed by atoms with E-state index in [1.54, 1.807) is 0 Å². The van der Waals surface area contributed by atoms with Gasteiger partial charge >= 0.3 is 39.6 Å². The number of hydrogen-bond donors (Lipinski definition) is 0. The summed E-state index contributed by atoms with van der Waals surface area (Å²) in [7, 11) is 0. The van der Waals surface area contributed by atoms with Gasteiger partial charge in [0.05, 0.1) is 0 Å². The number of rotatable bonds is 2. The van der Waals surface area contributed by atoms with E-state index < -0.39 is 0 Å². The van der Waals surface area contributed by atoms with Crippen LogP contribution in [0.2, 0.25) is 0 Å². The minimum absolute atomic E-state index is 0.434. The maximum atomic E-state index is 3.51. The van der Waals surface area contributed by atoms with Gasteiger partial charge in [-0.25, -0.2) is 0 Å². The van der Waals surface area contributed by atoms with Crippen molar-refractivity contribution in [3.05, 3.63) is 22.5 Å². The third-order valence-electron chi connectivity index (χ3n) is 0.157. The first-order valence-corrected chi connectivity index (χ1v) is 3.09. The molecular weight excluding hydrogens is 151 g/mol. The first-order chi connectivity index (χ1) is 2.41. The van der Waals surface area contributed by atoms with E-state index in [9.17, 15) is 0 Å². The molecule has 0 rings (SSSR count). The van der Waals surface area contributed by atoms with Gasteiger partial charge in [-0.05, 0) is 0 Å². The second-order valence-electron chi connectivity index (χ2n) is 0.383. The Kier molecular flexibility index (Phi) is 4.19. The van der Waals surface area contributed by atoms with E-state index in [1.165, 1.54) is 0 Å². The van der Waals surface area contributed by atoms with E-state index >= 15 is 0 Å². The second kappa shape index (κ2) is 4.10. The molecule has 0 fully saturated rings. The SMILES string of the molecule is C=[CH][Rh-][CH]=C. The summed E-state index contributed by atoms with van der Waals surface area (Å²) in [6.07, 6.45) is 0. The molecular formula is C4H6Rh-. The number of hydrogen-bond acceptors (Lipinski definition) is 0. The average Bonchev–Trinajstić information content (AvgIpc) is 1.41. The van der Waals surface area contributed by atoms with Crippen molar-refractivity contribution < 1.29 is 17.1 Å². The Hall–Kier alpha value is 0.103. The van der Waals surface area contributed by atoms with Gasteiger partial charge in [0, 0.05) is 0 Å². The van der Waals surface area contributed by atoms with Crippen LogP contribution in [0.25, 0.3) is 0 Å². The average molecular weight is 157 g/mol. The zero-order valence-electron chi connectivity index (χ0n) is 2.90. The van der Waals surface area contributed by atoms with Crippen molar-refractivity contribution in [1.82, 2.24) is 0 Å². The summed E-state index contributed by atoms with van der Waals surface area (Å²) in [6.45, 7) is 7.02. The monoisotopic (exact) mass is 157 g/mol. The maximum absolute atomic E-state index is 3.51. The van der Waals surface area contributed by atoms with Gasteiger partial charge in [-0.1, -0.05) is 0 Å². The van der Waals surface area contributed by atoms with Crippen molar-refractivity contribution in [2.75, 3.05) is 0 Å². The predicted molar refractivity (Wildman–Crippen MR) is 20.4 cm³/mol. The van der Waals surface area contributed by atoms with Crippen molar-refractivity contribution >= 4 is 0 Å². The van der Waals surface area contributed by atoms with Gasteiger partial charge in [0.1, 0.15) is 0 Å². The standard InChI is InChI=1S/2C2H3.Rh/c2*1-2;/h2*1H,2H2;/q;;-1. The Morgan fingerprint density at radius 2 is 1.60 bits per heavy atom. The van der Waals surface area contributed by atoms with Gasteiger partial charge in [0.2, 0.25) is 0 Å². The van der Waals surface area contributed by atoms with Crippen molar-refractivity contribution in [2.45, 2.75) is 0 Å². The molecule has 0 radical (unpaired) electrons. The molecule has 0 heterocycles. The van der Waals surface area contributed by atoms with Crippen molar-refractivity contribution in [2.24, 2.45) is 0 Å². The van der Waals surface area contributed by atoms with Crippen LogP contribution in [0.3, 0.4) is 0 Å². The van der Waals surface area contributed by atoms with Crippen LogP contribution in [0.1, 0.15) is 0 Å². The van der Waals surface area contributed by atoms with Crippen LogP contribution in [-0.2, 0) is 17.1 Å². The van der Waals surface area contributed by atoms with Crippen LogP contribution >= 0.6 is 0 Å². The molecule has 0 bridgehead atoms. The van der Waals surface area contributed by atoms with Crippen LogP contribution in [0.4, 0.5) is 0 Å². The summed E-state index contributed by atoms with van der Waals surface area (Å²) in [5.41, 5.74) is 0. The Balaban J connectivity index is 2.65. The van der Waals surface area contributed by atoms with Crippen molar-refractivity contribution in [3.8, 4) is 0 Å². The molecule has 0 aromatic heterocycles. The van der Waals surface area contributed by atoms with Gasteiger partial charge < -0.3 is 0 Å². The summed E-state index contributed by atoms with van der Waals surface area (Å²) in [6, 6.07) is 0. The van der Waals surface area contributed by atoms with E-state index in [4.69, 9.17) is 0 Å². The van der Waals surface area contributed by atoms with E-state index in [-0.39, 0.29) is 0 Å². The molecule has 32 valence electrons. The zero-order valence-corrected chi connectivity index (χ0v) is 4.54. The van der Waals surface area contributed by atoms with E-state index in [0.29, 0.717) is 17.1 Å². The van der Waals surface area contributed by atoms with Gasteiger partial charge in [-0.3, -0.25) is 0 Å². The Morgan fingerprint density at radius 1 is 1.20 bits per heavy atom. The molecule has 0 aromatic carbocycles. The predicted octanol–water partition coefficient (Wildman–Crippen LogP) is 1.36. The van der Waals surface area contributed by atoms with Crippen LogP contribution < -0.4 is 0 Å². The fourth-order valence-electron chi connectivity index (χ4n) is 0.0556. The molecule has 0 spiro atoms. The summed E-state index contributed by atoms with van der Waals surface area (Å²) in [4.78, 5) is 0. The third kappa shape index (κ3) is 4.10. The zero-order chi connectivity index (χ0) is 4.12. The van der Waals surface area contributed by atoms with E-state index in [2.05, 4.69) is 13.2 Å². The normalized spacial score (nSPS) is 7.20. The summed E-state index contributed by atoms with van der Waals surface area (Å²) in [5, 5.41) is 0. The van der Waals surface area contributed by atoms with Gasteiger partial charge in [-0.2, -0.15) is 0 Å². The Labute approximate surface area is 40.2 Å². The summed E-state index contributed by atoms with van der Waals surface area (Å²) in [5.74, 6) is 0. The molecule has 0 aromatic rings. The minimum atomic E-state index is 0.434. The molecule has 0 aliphatic carbocycles. The van der Waals surface area contributed by atoms with Crippen LogP contribution in [-0.4, -0.2) is 0 Å². The molecule has 0 nitrogen and oxygen atoms in total. The molecule has 0 atom stereocenters. The van der Waals surface area contributed by atoms with E-state index in [0.717, 1.165) is 0 Å². The fourth-order valence-corrected chi connectivity index (χ4v) is 0.329. The quantitative estimate of drug-likeness (QED) is 0.530. The van der Waals surface area contributed by atoms with Crippen LogP contribution in [0.5, 0.6) is 0 Å². The van der Waals surface area contributed by atoms with Crippen molar-refractivity contribution in [1.29, 1.82) is 0 Å². The van der Waals surface area contributed by atoms with Crippen LogP contribution in [0.15, 0.2) is 22.5 Å². The molecule has 0 aliphatic heterocycles.